The van der Waals surface area contributed by atoms with Crippen LogP contribution in [0, 0.1) is 6.92 Å². The molecule has 1 heterocycles. The number of rotatable bonds is 8. The van der Waals surface area contributed by atoms with Crippen LogP contribution in [0.4, 0.5) is 0 Å². The summed E-state index contributed by atoms with van der Waals surface area (Å²) in [5.74, 6) is 3.73. The Morgan fingerprint density at radius 3 is 1.97 bits per heavy atom. The van der Waals surface area contributed by atoms with Gasteiger partial charge < -0.3 is 14.2 Å². The van der Waals surface area contributed by atoms with Crippen LogP contribution in [0.2, 0.25) is 0 Å². The Kier molecular flexibility index (Phi) is 6.66. The fourth-order valence-corrected chi connectivity index (χ4v) is 4.19. The van der Waals surface area contributed by atoms with Crippen molar-refractivity contribution in [1.29, 1.82) is 0 Å². The van der Waals surface area contributed by atoms with E-state index in [1.807, 2.05) is 30.3 Å². The molecule has 164 valence electrons. The van der Waals surface area contributed by atoms with Crippen molar-refractivity contribution in [1.82, 2.24) is 14.8 Å². The number of hydrogen-bond donors (Lipinski definition) is 0. The third-order valence-corrected chi connectivity index (χ3v) is 6.06. The molecule has 0 amide bonds. The summed E-state index contributed by atoms with van der Waals surface area (Å²) in [5, 5.41) is 9.86. The highest BCUT2D eigenvalue weighted by Crippen LogP contribution is 2.34. The summed E-state index contributed by atoms with van der Waals surface area (Å²) < 4.78 is 18.2. The minimum absolute atomic E-state index is 0.699. The van der Waals surface area contributed by atoms with Crippen molar-refractivity contribution in [3.63, 3.8) is 0 Å². The topological polar surface area (TPSA) is 58.4 Å². The monoisotopic (exact) mass is 447 g/mol. The van der Waals surface area contributed by atoms with Crippen LogP contribution in [-0.2, 0) is 5.75 Å². The van der Waals surface area contributed by atoms with Gasteiger partial charge in [0.05, 0.1) is 21.3 Å². The Bertz CT molecular complexity index is 1170. The molecule has 0 aliphatic heterocycles. The van der Waals surface area contributed by atoms with Gasteiger partial charge in [-0.15, -0.1) is 10.2 Å². The molecule has 7 heteroatoms. The number of hydrogen-bond acceptors (Lipinski definition) is 6. The van der Waals surface area contributed by atoms with Crippen molar-refractivity contribution in [3.05, 3.63) is 77.9 Å². The van der Waals surface area contributed by atoms with Gasteiger partial charge in [-0.25, -0.2) is 0 Å². The van der Waals surface area contributed by atoms with E-state index in [4.69, 9.17) is 14.2 Å². The Labute approximate surface area is 192 Å². The van der Waals surface area contributed by atoms with Crippen LogP contribution in [0.3, 0.4) is 0 Å². The molecule has 0 spiro atoms. The van der Waals surface area contributed by atoms with Crippen molar-refractivity contribution in [2.24, 2.45) is 0 Å². The first-order chi connectivity index (χ1) is 15.6. The average Bonchev–Trinajstić information content (AvgIpc) is 3.27. The van der Waals surface area contributed by atoms with Gasteiger partial charge in [-0.3, -0.25) is 4.57 Å². The fourth-order valence-electron chi connectivity index (χ4n) is 3.28. The molecule has 0 fully saturated rings. The Hall–Kier alpha value is -3.45. The second-order valence-corrected chi connectivity index (χ2v) is 8.16. The summed E-state index contributed by atoms with van der Waals surface area (Å²) in [7, 11) is 4.95. The van der Waals surface area contributed by atoms with Crippen LogP contribution in [0.5, 0.6) is 17.2 Å². The number of aromatic nitrogens is 3. The van der Waals surface area contributed by atoms with E-state index in [-0.39, 0.29) is 0 Å². The van der Waals surface area contributed by atoms with Crippen LogP contribution in [0.25, 0.3) is 17.1 Å². The zero-order chi connectivity index (χ0) is 22.5. The lowest BCUT2D eigenvalue weighted by atomic mass is 10.1. The maximum Gasteiger partial charge on any atom is 0.196 e. The number of benzene rings is 3. The average molecular weight is 448 g/mol. The van der Waals surface area contributed by atoms with E-state index in [1.165, 1.54) is 11.1 Å². The molecule has 0 aliphatic carbocycles. The molecule has 0 saturated heterocycles. The standard InChI is InChI=1S/C25H25N3O3S/c1-17-5-9-20(10-6-17)28-24(19-13-22(30-3)15-23(14-19)31-4)26-27-25(28)32-16-18-7-11-21(29-2)12-8-18/h5-15H,16H2,1-4H3. The first kappa shape index (κ1) is 21.8. The third-order valence-electron chi connectivity index (χ3n) is 5.06. The van der Waals surface area contributed by atoms with Gasteiger partial charge in [0.1, 0.15) is 17.2 Å². The quantitative estimate of drug-likeness (QED) is 0.330. The van der Waals surface area contributed by atoms with E-state index in [1.54, 1.807) is 33.1 Å². The SMILES string of the molecule is COc1ccc(CSc2nnc(-c3cc(OC)cc(OC)c3)n2-c2ccc(C)cc2)cc1. The molecule has 1 aromatic heterocycles. The van der Waals surface area contributed by atoms with E-state index in [0.717, 1.165) is 33.7 Å². The van der Waals surface area contributed by atoms with Crippen molar-refractivity contribution in [3.8, 4) is 34.3 Å². The number of thioether (sulfide) groups is 1. The smallest absolute Gasteiger partial charge is 0.196 e. The Balaban J connectivity index is 1.74. The van der Waals surface area contributed by atoms with Gasteiger partial charge in [0.2, 0.25) is 0 Å². The molecule has 4 aromatic rings. The van der Waals surface area contributed by atoms with Gasteiger partial charge >= 0.3 is 0 Å². The number of methoxy groups -OCH3 is 3. The van der Waals surface area contributed by atoms with Crippen molar-refractivity contribution in [2.45, 2.75) is 17.8 Å². The number of aryl methyl sites for hydroxylation is 1. The lowest BCUT2D eigenvalue weighted by Gasteiger charge is -2.12. The van der Waals surface area contributed by atoms with Gasteiger partial charge in [0.15, 0.2) is 11.0 Å². The highest BCUT2D eigenvalue weighted by atomic mass is 32.2. The lowest BCUT2D eigenvalue weighted by molar-refractivity contribution is 0.394. The van der Waals surface area contributed by atoms with Crippen LogP contribution >= 0.6 is 11.8 Å². The molecule has 0 radical (unpaired) electrons. The molecule has 0 bridgehead atoms. The Morgan fingerprint density at radius 1 is 0.750 bits per heavy atom. The largest absolute Gasteiger partial charge is 0.497 e. The van der Waals surface area contributed by atoms with E-state index in [9.17, 15) is 0 Å². The second kappa shape index (κ2) is 9.78. The van der Waals surface area contributed by atoms with E-state index in [0.29, 0.717) is 11.5 Å². The minimum Gasteiger partial charge on any atom is -0.497 e. The molecule has 6 nitrogen and oxygen atoms in total. The van der Waals surface area contributed by atoms with Crippen LogP contribution in [0.15, 0.2) is 71.9 Å². The van der Waals surface area contributed by atoms with Gasteiger partial charge in [-0.1, -0.05) is 41.6 Å². The summed E-state index contributed by atoms with van der Waals surface area (Å²) in [6.07, 6.45) is 0. The van der Waals surface area contributed by atoms with Crippen molar-refractivity contribution < 1.29 is 14.2 Å². The minimum atomic E-state index is 0.699. The van der Waals surface area contributed by atoms with Crippen molar-refractivity contribution in [2.75, 3.05) is 21.3 Å². The molecule has 32 heavy (non-hydrogen) atoms. The Morgan fingerprint density at radius 2 is 1.38 bits per heavy atom. The predicted molar refractivity (Wildman–Crippen MR) is 127 cm³/mol. The highest BCUT2D eigenvalue weighted by molar-refractivity contribution is 7.98. The molecule has 3 aromatic carbocycles. The van der Waals surface area contributed by atoms with Gasteiger partial charge in [0.25, 0.3) is 0 Å². The number of ether oxygens (including phenoxy) is 3. The van der Waals surface area contributed by atoms with E-state index >= 15 is 0 Å². The summed E-state index contributed by atoms with van der Waals surface area (Å²) in [6, 6.07) is 22.1. The summed E-state index contributed by atoms with van der Waals surface area (Å²) in [5.41, 5.74) is 4.23. The highest BCUT2D eigenvalue weighted by Gasteiger charge is 2.18. The van der Waals surface area contributed by atoms with Crippen molar-refractivity contribution >= 4 is 11.8 Å². The van der Waals surface area contributed by atoms with Crippen LogP contribution in [-0.4, -0.2) is 36.1 Å². The maximum atomic E-state index is 5.46. The third kappa shape index (κ3) is 4.73. The molecule has 4 rings (SSSR count). The van der Waals surface area contributed by atoms with Crippen LogP contribution < -0.4 is 14.2 Å². The molecule has 0 atom stereocenters. The fraction of sp³-hybridized carbons (Fsp3) is 0.200. The zero-order valence-corrected chi connectivity index (χ0v) is 19.3. The first-order valence-corrected chi connectivity index (χ1v) is 11.1. The second-order valence-electron chi connectivity index (χ2n) is 7.22. The maximum absolute atomic E-state index is 5.46. The van der Waals surface area contributed by atoms with Gasteiger partial charge in [-0.2, -0.15) is 0 Å². The first-order valence-electron chi connectivity index (χ1n) is 10.1. The molecular formula is C25H25N3O3S. The molecule has 0 aliphatic rings. The zero-order valence-electron chi connectivity index (χ0n) is 18.5. The van der Waals surface area contributed by atoms with E-state index < -0.39 is 0 Å². The predicted octanol–water partition coefficient (Wildman–Crippen LogP) is 5.56. The summed E-state index contributed by atoms with van der Waals surface area (Å²) >= 11 is 1.63. The molecular weight excluding hydrogens is 422 g/mol. The number of nitrogens with zero attached hydrogens (tertiary/aromatic N) is 3. The van der Waals surface area contributed by atoms with Gasteiger partial charge in [-0.05, 0) is 48.9 Å². The molecule has 0 saturated carbocycles. The normalized spacial score (nSPS) is 10.8. The molecule has 0 unspecified atom stereocenters. The summed E-state index contributed by atoms with van der Waals surface area (Å²) in [4.78, 5) is 0. The summed E-state index contributed by atoms with van der Waals surface area (Å²) in [6.45, 7) is 2.07. The van der Waals surface area contributed by atoms with E-state index in [2.05, 4.69) is 58.1 Å². The lowest BCUT2D eigenvalue weighted by Crippen LogP contribution is -2.00. The van der Waals surface area contributed by atoms with Gasteiger partial charge in [0, 0.05) is 23.1 Å². The van der Waals surface area contributed by atoms with Crippen LogP contribution in [0.1, 0.15) is 11.1 Å². The molecule has 0 N–H and O–H groups in total.